The Morgan fingerprint density at radius 1 is 1.04 bits per heavy atom. The van der Waals surface area contributed by atoms with Crippen molar-refractivity contribution in [3.8, 4) is 0 Å². The summed E-state index contributed by atoms with van der Waals surface area (Å²) >= 11 is 0. The van der Waals surface area contributed by atoms with E-state index in [2.05, 4.69) is 15.6 Å². The summed E-state index contributed by atoms with van der Waals surface area (Å²) in [7, 11) is 0. The molecule has 0 fully saturated rings. The Labute approximate surface area is 142 Å². The number of amides is 2. The van der Waals surface area contributed by atoms with Gasteiger partial charge in [-0.15, -0.1) is 0 Å². The van der Waals surface area contributed by atoms with Crippen molar-refractivity contribution >= 4 is 17.5 Å². The quantitative estimate of drug-likeness (QED) is 0.830. The van der Waals surface area contributed by atoms with Gasteiger partial charge in [0.15, 0.2) is 0 Å². The Morgan fingerprint density at radius 3 is 2.42 bits per heavy atom. The van der Waals surface area contributed by atoms with Gasteiger partial charge < -0.3 is 10.6 Å². The van der Waals surface area contributed by atoms with Crippen LogP contribution in [0.25, 0.3) is 0 Å². The monoisotopic (exact) mass is 325 g/mol. The van der Waals surface area contributed by atoms with Gasteiger partial charge in [-0.2, -0.15) is 0 Å². The van der Waals surface area contributed by atoms with Gasteiger partial charge in [-0.3, -0.25) is 14.6 Å². The molecule has 5 nitrogen and oxygen atoms in total. The topological polar surface area (TPSA) is 71.1 Å². The lowest BCUT2D eigenvalue weighted by atomic mass is 9.90. The molecule has 126 valence electrons. The molecule has 1 aromatic carbocycles. The highest BCUT2D eigenvalue weighted by Crippen LogP contribution is 2.21. The van der Waals surface area contributed by atoms with Gasteiger partial charge in [0, 0.05) is 11.9 Å². The van der Waals surface area contributed by atoms with Crippen molar-refractivity contribution in [2.45, 2.75) is 34.2 Å². The fourth-order valence-electron chi connectivity index (χ4n) is 2.10. The van der Waals surface area contributed by atoms with Crippen LogP contribution in [0.1, 0.15) is 30.7 Å². The molecule has 0 aliphatic carbocycles. The second-order valence-corrected chi connectivity index (χ2v) is 6.38. The summed E-state index contributed by atoms with van der Waals surface area (Å²) < 4.78 is 0. The second-order valence-electron chi connectivity index (χ2n) is 6.38. The summed E-state index contributed by atoms with van der Waals surface area (Å²) in [6.45, 7) is 7.50. The number of carbonyl (C=O) groups excluding carboxylic acids is 2. The molecule has 0 aliphatic rings. The fourth-order valence-corrected chi connectivity index (χ4v) is 2.10. The molecule has 0 radical (unpaired) electrons. The highest BCUT2D eigenvalue weighted by molar-refractivity contribution is 6.09. The van der Waals surface area contributed by atoms with Crippen LogP contribution < -0.4 is 10.6 Å². The van der Waals surface area contributed by atoms with Crippen LogP contribution in [0.15, 0.2) is 42.6 Å². The second kappa shape index (κ2) is 7.25. The van der Waals surface area contributed by atoms with Gasteiger partial charge in [0.05, 0.1) is 12.2 Å². The Bertz CT molecular complexity index is 740. The van der Waals surface area contributed by atoms with E-state index in [0.29, 0.717) is 12.2 Å². The first-order chi connectivity index (χ1) is 11.3. The molecule has 0 atom stereocenters. The summed E-state index contributed by atoms with van der Waals surface area (Å²) in [4.78, 5) is 29.0. The minimum atomic E-state index is -1.19. The number of aromatic nitrogens is 1. The first-order valence-electron chi connectivity index (χ1n) is 7.87. The SMILES string of the molecule is Cc1ccc(NC(=O)C(C)(C)C(=O)NCc2ccccn2)cc1C. The van der Waals surface area contributed by atoms with Gasteiger partial charge in [0.25, 0.3) is 0 Å². The molecular formula is C19H23N3O2. The number of rotatable bonds is 5. The molecular weight excluding hydrogens is 302 g/mol. The number of hydrogen-bond acceptors (Lipinski definition) is 3. The van der Waals surface area contributed by atoms with E-state index in [4.69, 9.17) is 0 Å². The third-order valence-electron chi connectivity index (χ3n) is 4.06. The number of anilines is 1. The van der Waals surface area contributed by atoms with Gasteiger partial charge in [0.1, 0.15) is 5.41 Å². The van der Waals surface area contributed by atoms with Crippen LogP contribution in [0, 0.1) is 19.3 Å². The molecule has 2 aromatic rings. The Kier molecular flexibility index (Phi) is 5.34. The molecule has 0 aliphatic heterocycles. The van der Waals surface area contributed by atoms with Crippen molar-refractivity contribution in [2.24, 2.45) is 5.41 Å². The van der Waals surface area contributed by atoms with Gasteiger partial charge in [0.2, 0.25) is 11.8 Å². The maximum absolute atomic E-state index is 12.5. The van der Waals surface area contributed by atoms with Crippen molar-refractivity contribution in [1.82, 2.24) is 10.3 Å². The lowest BCUT2D eigenvalue weighted by Gasteiger charge is -2.23. The highest BCUT2D eigenvalue weighted by atomic mass is 16.2. The van der Waals surface area contributed by atoms with Gasteiger partial charge >= 0.3 is 0 Å². The minimum Gasteiger partial charge on any atom is -0.350 e. The first-order valence-corrected chi connectivity index (χ1v) is 7.87. The van der Waals surface area contributed by atoms with E-state index in [-0.39, 0.29) is 11.8 Å². The third-order valence-corrected chi connectivity index (χ3v) is 4.06. The van der Waals surface area contributed by atoms with E-state index < -0.39 is 5.41 Å². The smallest absolute Gasteiger partial charge is 0.239 e. The maximum Gasteiger partial charge on any atom is 0.239 e. The van der Waals surface area contributed by atoms with E-state index in [1.54, 1.807) is 20.0 Å². The predicted molar refractivity (Wildman–Crippen MR) is 94.4 cm³/mol. The Balaban J connectivity index is 2.00. The van der Waals surface area contributed by atoms with Crippen molar-refractivity contribution in [3.05, 3.63) is 59.4 Å². The number of nitrogens with zero attached hydrogens (tertiary/aromatic N) is 1. The third kappa shape index (κ3) is 4.19. The number of benzene rings is 1. The summed E-state index contributed by atoms with van der Waals surface area (Å²) in [5.41, 5.74) is 2.49. The number of pyridine rings is 1. The molecule has 0 spiro atoms. The lowest BCUT2D eigenvalue weighted by molar-refractivity contribution is -0.138. The van der Waals surface area contributed by atoms with E-state index in [1.807, 2.05) is 50.2 Å². The zero-order valence-electron chi connectivity index (χ0n) is 14.5. The van der Waals surface area contributed by atoms with E-state index in [0.717, 1.165) is 16.8 Å². The number of aryl methyl sites for hydroxylation is 2. The largest absolute Gasteiger partial charge is 0.350 e. The standard InChI is InChI=1S/C19H23N3O2/c1-13-8-9-15(11-14(13)2)22-18(24)19(3,4)17(23)21-12-16-7-5-6-10-20-16/h5-11H,12H2,1-4H3,(H,21,23)(H,22,24). The molecule has 2 rings (SSSR count). The van der Waals surface area contributed by atoms with Crippen LogP contribution in [0.3, 0.4) is 0 Å². The molecule has 0 saturated carbocycles. The van der Waals surface area contributed by atoms with E-state index in [9.17, 15) is 9.59 Å². The number of hydrogen-bond donors (Lipinski definition) is 2. The number of nitrogens with one attached hydrogen (secondary N) is 2. The Morgan fingerprint density at radius 2 is 1.79 bits per heavy atom. The molecule has 1 heterocycles. The summed E-state index contributed by atoms with van der Waals surface area (Å²) in [6.07, 6.45) is 1.67. The molecule has 24 heavy (non-hydrogen) atoms. The molecule has 2 N–H and O–H groups in total. The van der Waals surface area contributed by atoms with Gasteiger partial charge in [-0.05, 0) is 63.1 Å². The average molecular weight is 325 g/mol. The van der Waals surface area contributed by atoms with E-state index in [1.165, 1.54) is 0 Å². The normalized spacial score (nSPS) is 11.0. The molecule has 0 saturated heterocycles. The minimum absolute atomic E-state index is 0.292. The van der Waals surface area contributed by atoms with Crippen molar-refractivity contribution < 1.29 is 9.59 Å². The molecule has 0 bridgehead atoms. The zero-order valence-corrected chi connectivity index (χ0v) is 14.5. The van der Waals surface area contributed by atoms with Crippen molar-refractivity contribution in [3.63, 3.8) is 0 Å². The highest BCUT2D eigenvalue weighted by Gasteiger charge is 2.36. The van der Waals surface area contributed by atoms with Crippen LogP contribution >= 0.6 is 0 Å². The van der Waals surface area contributed by atoms with Crippen LogP contribution in [-0.2, 0) is 16.1 Å². The van der Waals surface area contributed by atoms with E-state index >= 15 is 0 Å². The lowest BCUT2D eigenvalue weighted by Crippen LogP contribution is -2.45. The van der Waals surface area contributed by atoms with Crippen LogP contribution in [0.4, 0.5) is 5.69 Å². The van der Waals surface area contributed by atoms with Crippen LogP contribution in [0.2, 0.25) is 0 Å². The summed E-state index contributed by atoms with van der Waals surface area (Å²) in [6, 6.07) is 11.2. The Hall–Kier alpha value is -2.69. The molecule has 0 unspecified atom stereocenters. The first kappa shape index (κ1) is 17.7. The number of carbonyl (C=O) groups is 2. The predicted octanol–water partition coefficient (Wildman–Crippen LogP) is 2.98. The van der Waals surface area contributed by atoms with Crippen molar-refractivity contribution in [1.29, 1.82) is 0 Å². The molecule has 5 heteroatoms. The average Bonchev–Trinajstić information content (AvgIpc) is 2.56. The summed E-state index contributed by atoms with van der Waals surface area (Å²) in [5, 5.41) is 5.58. The maximum atomic E-state index is 12.5. The van der Waals surface area contributed by atoms with Crippen LogP contribution in [-0.4, -0.2) is 16.8 Å². The van der Waals surface area contributed by atoms with Gasteiger partial charge in [-0.25, -0.2) is 0 Å². The zero-order chi connectivity index (χ0) is 17.7. The summed E-state index contributed by atoms with van der Waals surface area (Å²) in [5.74, 6) is -0.682. The fraction of sp³-hybridized carbons (Fsp3) is 0.316. The van der Waals surface area contributed by atoms with Crippen LogP contribution in [0.5, 0.6) is 0 Å². The van der Waals surface area contributed by atoms with Crippen molar-refractivity contribution in [2.75, 3.05) is 5.32 Å². The molecule has 1 aromatic heterocycles. The van der Waals surface area contributed by atoms with Gasteiger partial charge in [-0.1, -0.05) is 12.1 Å². The molecule has 2 amide bonds.